The van der Waals surface area contributed by atoms with Gasteiger partial charge in [0.15, 0.2) is 5.69 Å². The summed E-state index contributed by atoms with van der Waals surface area (Å²) in [5, 5.41) is 5.22. The van der Waals surface area contributed by atoms with Gasteiger partial charge in [-0.2, -0.15) is 0 Å². The molecule has 0 bridgehead atoms. The highest BCUT2D eigenvalue weighted by molar-refractivity contribution is 6.05. The molecular weight excluding hydrogens is 348 g/mol. The number of nitrogens with one attached hydrogen (secondary N) is 3. The van der Waals surface area contributed by atoms with Gasteiger partial charge in [0.2, 0.25) is 0 Å². The highest BCUT2D eigenvalue weighted by Gasteiger charge is 2.26. The number of benzene rings is 1. The molecule has 8 nitrogen and oxygen atoms in total. The smallest absolute Gasteiger partial charge is 0.328 e. The van der Waals surface area contributed by atoms with Gasteiger partial charge in [-0.05, 0) is 33.3 Å². The number of imidazole rings is 1. The van der Waals surface area contributed by atoms with E-state index in [0.29, 0.717) is 6.54 Å². The van der Waals surface area contributed by atoms with Crippen LogP contribution in [0.3, 0.4) is 0 Å². The van der Waals surface area contributed by atoms with Crippen molar-refractivity contribution in [3.05, 3.63) is 53.6 Å². The summed E-state index contributed by atoms with van der Waals surface area (Å²) in [7, 11) is 0. The standard InChI is InChI=1S/C19H24N4O4/c1-12(18(26)27-19(2,3)4)23-17(25)15-14(21-11-22-15)16(24)20-10-13-8-6-5-7-9-13/h5-9,11-12H,10H2,1-4H3,(H,20,24)(H,21,22)(H,23,25)/t12-/m0/s1. The maximum absolute atomic E-state index is 12.4. The van der Waals surface area contributed by atoms with Crippen molar-refractivity contribution >= 4 is 17.8 Å². The molecule has 144 valence electrons. The summed E-state index contributed by atoms with van der Waals surface area (Å²) in [4.78, 5) is 43.3. The first kappa shape index (κ1) is 20.2. The third kappa shape index (κ3) is 5.95. The summed E-state index contributed by atoms with van der Waals surface area (Å²) < 4.78 is 5.22. The fourth-order valence-corrected chi connectivity index (χ4v) is 2.22. The van der Waals surface area contributed by atoms with Crippen molar-refractivity contribution in [3.63, 3.8) is 0 Å². The van der Waals surface area contributed by atoms with Gasteiger partial charge in [0.1, 0.15) is 17.3 Å². The zero-order chi connectivity index (χ0) is 20.0. The number of hydrogen-bond donors (Lipinski definition) is 3. The van der Waals surface area contributed by atoms with Crippen molar-refractivity contribution in [1.82, 2.24) is 20.6 Å². The molecule has 0 aliphatic rings. The van der Waals surface area contributed by atoms with Crippen molar-refractivity contribution < 1.29 is 19.1 Å². The quantitative estimate of drug-likeness (QED) is 0.669. The molecule has 2 rings (SSSR count). The second-order valence-electron chi connectivity index (χ2n) is 7.02. The number of H-pyrrole nitrogens is 1. The molecular formula is C19H24N4O4. The van der Waals surface area contributed by atoms with E-state index in [4.69, 9.17) is 4.74 Å². The molecule has 0 fully saturated rings. The van der Waals surface area contributed by atoms with Crippen molar-refractivity contribution in [2.24, 2.45) is 0 Å². The van der Waals surface area contributed by atoms with Crippen molar-refractivity contribution in [2.75, 3.05) is 0 Å². The van der Waals surface area contributed by atoms with Crippen LogP contribution in [-0.2, 0) is 16.1 Å². The first-order valence-corrected chi connectivity index (χ1v) is 8.56. The number of nitrogens with zero attached hydrogens (tertiary/aromatic N) is 1. The Morgan fingerprint density at radius 3 is 2.44 bits per heavy atom. The molecule has 1 heterocycles. The predicted molar refractivity (Wildman–Crippen MR) is 99.0 cm³/mol. The largest absolute Gasteiger partial charge is 0.458 e. The summed E-state index contributed by atoms with van der Waals surface area (Å²) in [6.07, 6.45) is 1.25. The molecule has 27 heavy (non-hydrogen) atoms. The number of esters is 1. The first-order valence-electron chi connectivity index (χ1n) is 8.56. The lowest BCUT2D eigenvalue weighted by Crippen LogP contribution is -2.42. The van der Waals surface area contributed by atoms with E-state index in [2.05, 4.69) is 20.6 Å². The third-order valence-electron chi connectivity index (χ3n) is 3.49. The number of hydrogen-bond acceptors (Lipinski definition) is 5. The highest BCUT2D eigenvalue weighted by Crippen LogP contribution is 2.09. The van der Waals surface area contributed by atoms with Gasteiger partial charge in [-0.15, -0.1) is 0 Å². The lowest BCUT2D eigenvalue weighted by Gasteiger charge is -2.22. The highest BCUT2D eigenvalue weighted by atomic mass is 16.6. The van der Waals surface area contributed by atoms with Gasteiger partial charge in [-0.25, -0.2) is 9.78 Å². The van der Waals surface area contributed by atoms with Crippen LogP contribution in [0.4, 0.5) is 0 Å². The molecule has 0 saturated heterocycles. The molecule has 0 unspecified atom stereocenters. The third-order valence-corrected chi connectivity index (χ3v) is 3.49. The maximum atomic E-state index is 12.4. The van der Waals surface area contributed by atoms with Gasteiger partial charge in [-0.1, -0.05) is 30.3 Å². The number of rotatable bonds is 6. The Kier molecular flexibility index (Phi) is 6.33. The number of ether oxygens (including phenoxy) is 1. The number of carbonyl (C=O) groups is 3. The summed E-state index contributed by atoms with van der Waals surface area (Å²) >= 11 is 0. The Labute approximate surface area is 157 Å². The number of aromatic amines is 1. The van der Waals surface area contributed by atoms with Crippen molar-refractivity contribution in [1.29, 1.82) is 0 Å². The van der Waals surface area contributed by atoms with Crippen LogP contribution in [0.25, 0.3) is 0 Å². The molecule has 2 aromatic rings. The van der Waals surface area contributed by atoms with Crippen molar-refractivity contribution in [3.8, 4) is 0 Å². The van der Waals surface area contributed by atoms with Crippen LogP contribution in [0.1, 0.15) is 54.2 Å². The van der Waals surface area contributed by atoms with Crippen LogP contribution >= 0.6 is 0 Å². The molecule has 3 N–H and O–H groups in total. The van der Waals surface area contributed by atoms with Crippen LogP contribution in [-0.4, -0.2) is 39.4 Å². The summed E-state index contributed by atoms with van der Waals surface area (Å²) in [5.41, 5.74) is 0.205. The summed E-state index contributed by atoms with van der Waals surface area (Å²) in [5.74, 6) is -1.67. The Bertz CT molecular complexity index is 809. The van der Waals surface area contributed by atoms with E-state index in [9.17, 15) is 14.4 Å². The fraction of sp³-hybridized carbons (Fsp3) is 0.368. The zero-order valence-corrected chi connectivity index (χ0v) is 15.8. The molecule has 0 saturated carbocycles. The van der Waals surface area contributed by atoms with E-state index >= 15 is 0 Å². The van der Waals surface area contributed by atoms with E-state index in [1.54, 1.807) is 20.8 Å². The van der Waals surface area contributed by atoms with Gasteiger partial charge in [0.05, 0.1) is 6.33 Å². The molecule has 0 spiro atoms. The average molecular weight is 372 g/mol. The average Bonchev–Trinajstić information content (AvgIpc) is 3.09. The van der Waals surface area contributed by atoms with E-state index in [1.807, 2.05) is 30.3 Å². The lowest BCUT2D eigenvalue weighted by atomic mass is 10.2. The van der Waals surface area contributed by atoms with Gasteiger partial charge >= 0.3 is 5.97 Å². The molecule has 1 atom stereocenters. The van der Waals surface area contributed by atoms with Crippen molar-refractivity contribution in [2.45, 2.75) is 45.9 Å². The number of amides is 2. The minimum Gasteiger partial charge on any atom is -0.458 e. The van der Waals surface area contributed by atoms with E-state index in [0.717, 1.165) is 5.56 Å². The molecule has 0 aliphatic carbocycles. The molecule has 0 aliphatic heterocycles. The Morgan fingerprint density at radius 1 is 1.15 bits per heavy atom. The second kappa shape index (κ2) is 8.48. The first-order chi connectivity index (χ1) is 12.7. The zero-order valence-electron chi connectivity index (χ0n) is 15.8. The topological polar surface area (TPSA) is 113 Å². The maximum Gasteiger partial charge on any atom is 0.328 e. The lowest BCUT2D eigenvalue weighted by molar-refractivity contribution is -0.156. The predicted octanol–water partition coefficient (Wildman–Crippen LogP) is 1.80. The van der Waals surface area contributed by atoms with E-state index < -0.39 is 29.4 Å². The van der Waals surface area contributed by atoms with Crippen LogP contribution in [0.2, 0.25) is 0 Å². The van der Waals surface area contributed by atoms with Crippen LogP contribution in [0.5, 0.6) is 0 Å². The van der Waals surface area contributed by atoms with Gasteiger partial charge in [-0.3, -0.25) is 9.59 Å². The summed E-state index contributed by atoms with van der Waals surface area (Å²) in [6, 6.07) is 8.50. The summed E-state index contributed by atoms with van der Waals surface area (Å²) in [6.45, 7) is 7.04. The Balaban J connectivity index is 1.99. The molecule has 1 aromatic carbocycles. The fourth-order valence-electron chi connectivity index (χ4n) is 2.22. The normalized spacial score (nSPS) is 12.1. The Morgan fingerprint density at radius 2 is 1.81 bits per heavy atom. The minimum absolute atomic E-state index is 0.0276. The molecule has 1 aromatic heterocycles. The van der Waals surface area contributed by atoms with Gasteiger partial charge < -0.3 is 20.4 Å². The molecule has 2 amide bonds. The second-order valence-corrected chi connectivity index (χ2v) is 7.02. The van der Waals surface area contributed by atoms with Crippen LogP contribution in [0.15, 0.2) is 36.7 Å². The van der Waals surface area contributed by atoms with Crippen LogP contribution < -0.4 is 10.6 Å². The van der Waals surface area contributed by atoms with Gasteiger partial charge in [0, 0.05) is 6.54 Å². The Hall–Kier alpha value is -3.16. The number of aromatic nitrogens is 2. The molecule has 8 heteroatoms. The van der Waals surface area contributed by atoms with E-state index in [-0.39, 0.29) is 11.4 Å². The minimum atomic E-state index is -0.881. The SMILES string of the molecule is C[C@H](NC(=O)c1nc[nH]c1C(=O)NCc1ccccc1)C(=O)OC(C)(C)C. The number of carbonyl (C=O) groups excluding carboxylic acids is 3. The van der Waals surface area contributed by atoms with Crippen LogP contribution in [0, 0.1) is 0 Å². The molecule has 0 radical (unpaired) electrons. The monoisotopic (exact) mass is 372 g/mol. The van der Waals surface area contributed by atoms with E-state index in [1.165, 1.54) is 13.3 Å². The van der Waals surface area contributed by atoms with Gasteiger partial charge in [0.25, 0.3) is 11.8 Å².